The maximum atomic E-state index is 12.0. The van der Waals surface area contributed by atoms with E-state index in [0.29, 0.717) is 5.56 Å². The highest BCUT2D eigenvalue weighted by Crippen LogP contribution is 2.24. The number of aliphatic hydroxyl groups excluding tert-OH is 1. The van der Waals surface area contributed by atoms with E-state index in [1.54, 1.807) is 0 Å². The van der Waals surface area contributed by atoms with Gasteiger partial charge in [-0.25, -0.2) is 0 Å². The molecule has 0 aliphatic carbocycles. The predicted octanol–water partition coefficient (Wildman–Crippen LogP) is 2.62. The van der Waals surface area contributed by atoms with Crippen LogP contribution in [0.4, 0.5) is 13.2 Å². The zero-order chi connectivity index (χ0) is 13.8. The van der Waals surface area contributed by atoms with Gasteiger partial charge < -0.3 is 15.2 Å². The van der Waals surface area contributed by atoms with Gasteiger partial charge in [-0.05, 0) is 17.7 Å². The first-order chi connectivity index (χ1) is 8.31. The third kappa shape index (κ3) is 4.93. The molecule has 0 bridgehead atoms. The van der Waals surface area contributed by atoms with Crippen LogP contribution in [-0.4, -0.2) is 24.1 Å². The van der Waals surface area contributed by atoms with Crippen molar-refractivity contribution in [2.45, 2.75) is 32.3 Å². The van der Waals surface area contributed by atoms with E-state index in [2.05, 4.69) is 10.1 Å². The summed E-state index contributed by atoms with van der Waals surface area (Å²) in [6, 6.07) is 5.31. The summed E-state index contributed by atoms with van der Waals surface area (Å²) in [7, 11) is 0. The second-order valence-corrected chi connectivity index (χ2v) is 4.17. The average molecular weight is 263 g/mol. The van der Waals surface area contributed by atoms with Crippen LogP contribution >= 0.6 is 0 Å². The van der Waals surface area contributed by atoms with Crippen molar-refractivity contribution in [3.8, 4) is 5.75 Å². The lowest BCUT2D eigenvalue weighted by molar-refractivity contribution is -0.274. The van der Waals surface area contributed by atoms with Crippen molar-refractivity contribution in [2.24, 2.45) is 0 Å². The van der Waals surface area contributed by atoms with Gasteiger partial charge in [-0.2, -0.15) is 0 Å². The van der Waals surface area contributed by atoms with E-state index in [1.807, 2.05) is 13.8 Å². The predicted molar refractivity (Wildman–Crippen MR) is 61.2 cm³/mol. The Labute approximate surface area is 104 Å². The molecular formula is C12H16F3NO2. The van der Waals surface area contributed by atoms with Gasteiger partial charge in [0.05, 0.1) is 12.6 Å². The van der Waals surface area contributed by atoms with Crippen LogP contribution in [0.2, 0.25) is 0 Å². The second-order valence-electron chi connectivity index (χ2n) is 4.17. The SMILES string of the molecule is CC(C)NC(CO)c1ccc(OC(F)(F)F)cc1. The Morgan fingerprint density at radius 2 is 1.78 bits per heavy atom. The average Bonchev–Trinajstić information content (AvgIpc) is 2.24. The molecule has 0 heterocycles. The summed E-state index contributed by atoms with van der Waals surface area (Å²) in [4.78, 5) is 0. The van der Waals surface area contributed by atoms with Crippen LogP contribution in [0.1, 0.15) is 25.5 Å². The van der Waals surface area contributed by atoms with Gasteiger partial charge in [-0.3, -0.25) is 0 Å². The van der Waals surface area contributed by atoms with E-state index in [0.717, 1.165) is 0 Å². The standard InChI is InChI=1S/C12H16F3NO2/c1-8(2)16-11(7-17)9-3-5-10(6-4-9)18-12(13,14)15/h3-6,8,11,16-17H,7H2,1-2H3. The normalized spacial score (nSPS) is 13.7. The molecule has 0 saturated carbocycles. The number of rotatable bonds is 5. The molecule has 0 aliphatic rings. The van der Waals surface area contributed by atoms with Gasteiger partial charge in [0.2, 0.25) is 0 Å². The van der Waals surface area contributed by atoms with Gasteiger partial charge in [0.15, 0.2) is 0 Å². The molecule has 1 atom stereocenters. The summed E-state index contributed by atoms with van der Waals surface area (Å²) >= 11 is 0. The molecule has 0 amide bonds. The van der Waals surface area contributed by atoms with Crippen molar-refractivity contribution in [3.05, 3.63) is 29.8 Å². The summed E-state index contributed by atoms with van der Waals surface area (Å²) < 4.78 is 39.7. The summed E-state index contributed by atoms with van der Waals surface area (Å²) in [5.74, 6) is -0.271. The van der Waals surface area contributed by atoms with E-state index in [-0.39, 0.29) is 24.4 Å². The lowest BCUT2D eigenvalue weighted by Gasteiger charge is -2.19. The van der Waals surface area contributed by atoms with Gasteiger partial charge in [-0.15, -0.1) is 13.2 Å². The molecule has 1 aromatic rings. The van der Waals surface area contributed by atoms with Gasteiger partial charge >= 0.3 is 6.36 Å². The fraction of sp³-hybridized carbons (Fsp3) is 0.500. The minimum absolute atomic E-state index is 0.127. The van der Waals surface area contributed by atoms with Crippen LogP contribution in [0.5, 0.6) is 5.75 Å². The van der Waals surface area contributed by atoms with Gasteiger partial charge in [0, 0.05) is 6.04 Å². The lowest BCUT2D eigenvalue weighted by Crippen LogP contribution is -2.30. The number of alkyl halides is 3. The Balaban J connectivity index is 2.74. The molecule has 1 aromatic carbocycles. The molecule has 1 unspecified atom stereocenters. The van der Waals surface area contributed by atoms with Crippen molar-refractivity contribution in [2.75, 3.05) is 6.61 Å². The van der Waals surface area contributed by atoms with Gasteiger partial charge in [0.25, 0.3) is 0 Å². The summed E-state index contributed by atoms with van der Waals surface area (Å²) in [5, 5.41) is 12.3. The zero-order valence-electron chi connectivity index (χ0n) is 10.2. The van der Waals surface area contributed by atoms with Crippen molar-refractivity contribution in [3.63, 3.8) is 0 Å². The number of nitrogens with one attached hydrogen (secondary N) is 1. The fourth-order valence-corrected chi connectivity index (χ4v) is 1.56. The first-order valence-electron chi connectivity index (χ1n) is 5.54. The maximum absolute atomic E-state index is 12.0. The Kier molecular flexibility index (Phi) is 4.98. The Bertz CT molecular complexity index is 363. The molecule has 18 heavy (non-hydrogen) atoms. The Morgan fingerprint density at radius 3 is 2.17 bits per heavy atom. The first kappa shape index (κ1) is 14.8. The van der Waals surface area contributed by atoms with Crippen LogP contribution in [0.3, 0.4) is 0 Å². The molecule has 0 saturated heterocycles. The smallest absolute Gasteiger partial charge is 0.406 e. The highest BCUT2D eigenvalue weighted by Gasteiger charge is 2.31. The summed E-state index contributed by atoms with van der Waals surface area (Å²) in [6.45, 7) is 3.71. The van der Waals surface area contributed by atoms with E-state index in [1.165, 1.54) is 24.3 Å². The monoisotopic (exact) mass is 263 g/mol. The Morgan fingerprint density at radius 1 is 1.22 bits per heavy atom. The molecule has 1 rings (SSSR count). The third-order valence-corrected chi connectivity index (χ3v) is 2.23. The second kappa shape index (κ2) is 6.06. The van der Waals surface area contributed by atoms with E-state index >= 15 is 0 Å². The lowest BCUT2D eigenvalue weighted by atomic mass is 10.1. The van der Waals surface area contributed by atoms with E-state index in [4.69, 9.17) is 0 Å². The quantitative estimate of drug-likeness (QED) is 0.858. The molecule has 2 N–H and O–H groups in total. The molecule has 102 valence electrons. The van der Waals surface area contributed by atoms with Crippen LogP contribution in [0.25, 0.3) is 0 Å². The maximum Gasteiger partial charge on any atom is 0.573 e. The molecule has 0 radical (unpaired) electrons. The molecule has 0 aromatic heterocycles. The van der Waals surface area contributed by atoms with Crippen LogP contribution in [-0.2, 0) is 0 Å². The molecular weight excluding hydrogens is 247 g/mol. The number of ether oxygens (including phenoxy) is 1. The minimum atomic E-state index is -4.69. The van der Waals surface area contributed by atoms with Crippen LogP contribution in [0.15, 0.2) is 24.3 Å². The molecule has 3 nitrogen and oxygen atoms in total. The number of halogens is 3. The molecule has 0 spiro atoms. The largest absolute Gasteiger partial charge is 0.573 e. The highest BCUT2D eigenvalue weighted by atomic mass is 19.4. The number of hydrogen-bond acceptors (Lipinski definition) is 3. The fourth-order valence-electron chi connectivity index (χ4n) is 1.56. The minimum Gasteiger partial charge on any atom is -0.406 e. The van der Waals surface area contributed by atoms with Crippen molar-refractivity contribution in [1.29, 1.82) is 0 Å². The number of benzene rings is 1. The third-order valence-electron chi connectivity index (χ3n) is 2.23. The van der Waals surface area contributed by atoms with E-state index in [9.17, 15) is 18.3 Å². The first-order valence-corrected chi connectivity index (χ1v) is 5.54. The number of aliphatic hydroxyl groups is 1. The van der Waals surface area contributed by atoms with Gasteiger partial charge in [-0.1, -0.05) is 26.0 Å². The molecule has 0 aliphatic heterocycles. The van der Waals surface area contributed by atoms with Crippen LogP contribution < -0.4 is 10.1 Å². The van der Waals surface area contributed by atoms with Crippen molar-refractivity contribution in [1.82, 2.24) is 5.32 Å². The summed E-state index contributed by atoms with van der Waals surface area (Å²) in [5.41, 5.74) is 0.709. The van der Waals surface area contributed by atoms with Gasteiger partial charge in [0.1, 0.15) is 5.75 Å². The van der Waals surface area contributed by atoms with Crippen molar-refractivity contribution < 1.29 is 23.0 Å². The summed E-state index contributed by atoms with van der Waals surface area (Å²) in [6.07, 6.45) is -4.69. The van der Waals surface area contributed by atoms with Crippen molar-refractivity contribution >= 4 is 0 Å². The topological polar surface area (TPSA) is 41.5 Å². The zero-order valence-corrected chi connectivity index (χ0v) is 10.2. The Hall–Kier alpha value is -1.27. The highest BCUT2D eigenvalue weighted by molar-refractivity contribution is 5.29. The van der Waals surface area contributed by atoms with E-state index < -0.39 is 6.36 Å². The number of hydrogen-bond donors (Lipinski definition) is 2. The molecule has 6 heteroatoms. The van der Waals surface area contributed by atoms with Crippen LogP contribution in [0, 0.1) is 0 Å². The molecule has 0 fully saturated rings.